The number of oxazole rings is 1. The molecule has 11 heteroatoms. The molecule has 0 saturated carbocycles. The van der Waals surface area contributed by atoms with Gasteiger partial charge in [-0.2, -0.15) is 0 Å². The van der Waals surface area contributed by atoms with Crippen LogP contribution in [0.25, 0.3) is 28.2 Å². The number of H-pyrrole nitrogens is 1. The largest absolute Gasteiger partial charge is 0.436 e. The molecule has 1 aliphatic heterocycles. The summed E-state index contributed by atoms with van der Waals surface area (Å²) in [6.07, 6.45) is -1.13. The fraction of sp³-hybridized carbons (Fsp3) is 0.179. The molecule has 2 aromatic heterocycles. The molecule has 1 unspecified atom stereocenters. The van der Waals surface area contributed by atoms with Crippen LogP contribution < -0.4 is 15.6 Å². The lowest BCUT2D eigenvalue weighted by molar-refractivity contribution is -0.678. The molecule has 1 saturated heterocycles. The maximum absolute atomic E-state index is 13.1. The minimum Gasteiger partial charge on any atom is -0.436 e. The lowest BCUT2D eigenvalue weighted by Gasteiger charge is -2.30. The number of benzene rings is 3. The van der Waals surface area contributed by atoms with E-state index in [2.05, 4.69) is 15.6 Å². The van der Waals surface area contributed by atoms with E-state index in [4.69, 9.17) is 13.7 Å². The Balaban J connectivity index is 1.09. The highest BCUT2D eigenvalue weighted by Crippen LogP contribution is 2.25. The van der Waals surface area contributed by atoms with E-state index in [1.807, 2.05) is 54.6 Å². The number of hydrogen-bond acceptors (Lipinski definition) is 7. The van der Waals surface area contributed by atoms with Crippen LogP contribution in [0.1, 0.15) is 12.1 Å². The molecule has 1 fully saturated rings. The van der Waals surface area contributed by atoms with Crippen molar-refractivity contribution in [2.45, 2.75) is 19.1 Å². The molecule has 11 nitrogen and oxygen atoms in total. The third-order valence-corrected chi connectivity index (χ3v) is 6.44. The summed E-state index contributed by atoms with van der Waals surface area (Å²) in [6, 6.07) is 23.7. The monoisotopic (exact) mass is 526 g/mol. The van der Waals surface area contributed by atoms with E-state index in [9.17, 15) is 14.4 Å². The minimum absolute atomic E-state index is 0.0122. The van der Waals surface area contributed by atoms with Crippen LogP contribution in [0.5, 0.6) is 0 Å². The lowest BCUT2D eigenvalue weighted by Crippen LogP contribution is -2.51. The highest BCUT2D eigenvalue weighted by molar-refractivity contribution is 5.95. The number of aromatic amines is 1. The minimum atomic E-state index is -0.964. The van der Waals surface area contributed by atoms with Crippen LogP contribution in [0.4, 0.5) is 5.69 Å². The molecule has 0 spiro atoms. The van der Waals surface area contributed by atoms with Gasteiger partial charge in [-0.3, -0.25) is 14.1 Å². The number of ether oxygens (including phenoxy) is 1. The fourth-order valence-electron chi connectivity index (χ4n) is 4.46. The lowest BCUT2D eigenvalue weighted by atomic mass is 10.1. The predicted octanol–water partition coefficient (Wildman–Crippen LogP) is 2.81. The molecule has 1 atom stereocenters. The number of anilines is 1. The molecule has 6 rings (SSSR count). The molecular weight excluding hydrogens is 502 g/mol. The van der Waals surface area contributed by atoms with Gasteiger partial charge in [-0.25, -0.2) is 9.78 Å². The van der Waals surface area contributed by atoms with Gasteiger partial charge in [0, 0.05) is 29.9 Å². The molecule has 5 aromatic rings. The summed E-state index contributed by atoms with van der Waals surface area (Å²) >= 11 is 0. The van der Waals surface area contributed by atoms with Gasteiger partial charge in [0.1, 0.15) is 18.2 Å². The van der Waals surface area contributed by atoms with Crippen LogP contribution in [-0.2, 0) is 20.9 Å². The molecule has 39 heavy (non-hydrogen) atoms. The molecule has 0 aliphatic carbocycles. The molecule has 3 aromatic carbocycles. The van der Waals surface area contributed by atoms with Crippen LogP contribution in [0.15, 0.2) is 92.6 Å². The Labute approximate surface area is 221 Å². The summed E-state index contributed by atoms with van der Waals surface area (Å²) in [7, 11) is 0. The summed E-state index contributed by atoms with van der Waals surface area (Å²) in [5.74, 6) is -0.256. The molecule has 2 N–H and O–H groups in total. The summed E-state index contributed by atoms with van der Waals surface area (Å²) in [6.45, 7) is 0.538. The van der Waals surface area contributed by atoms with Gasteiger partial charge in [-0.05, 0) is 46.4 Å². The number of para-hydroxylation sites is 3. The third kappa shape index (κ3) is 5.07. The number of carbonyl (C=O) groups is 2. The Hall–Kier alpha value is -5.03. The van der Waals surface area contributed by atoms with Gasteiger partial charge in [0.2, 0.25) is 17.5 Å². The second kappa shape index (κ2) is 10.4. The smallest absolute Gasteiger partial charge is 0.432 e. The second-order valence-electron chi connectivity index (χ2n) is 9.03. The molecular formula is C28H24N5O6+. The van der Waals surface area contributed by atoms with Crippen molar-refractivity contribution < 1.29 is 27.9 Å². The van der Waals surface area contributed by atoms with Crippen LogP contribution in [-0.4, -0.2) is 46.2 Å². The van der Waals surface area contributed by atoms with Crippen molar-refractivity contribution in [2.75, 3.05) is 18.5 Å². The zero-order valence-corrected chi connectivity index (χ0v) is 20.7. The number of rotatable bonds is 7. The first kappa shape index (κ1) is 24.3. The summed E-state index contributed by atoms with van der Waals surface area (Å²) in [5, 5.41) is 5.37. The van der Waals surface area contributed by atoms with E-state index < -0.39 is 11.7 Å². The molecule has 3 heterocycles. The Morgan fingerprint density at radius 1 is 1.03 bits per heavy atom. The van der Waals surface area contributed by atoms with Gasteiger partial charge in [0.15, 0.2) is 5.58 Å². The Bertz CT molecular complexity index is 1660. The van der Waals surface area contributed by atoms with Crippen molar-refractivity contribution in [3.05, 3.63) is 95.0 Å². The van der Waals surface area contributed by atoms with E-state index >= 15 is 0 Å². The number of carbonyl (C=O) groups excluding carboxylic acids is 2. The topological polar surface area (TPSA) is 135 Å². The van der Waals surface area contributed by atoms with E-state index in [-0.39, 0.29) is 43.6 Å². The number of fused-ring (bicyclic) bond motifs is 1. The van der Waals surface area contributed by atoms with Crippen molar-refractivity contribution in [3.8, 4) is 17.1 Å². The van der Waals surface area contributed by atoms with Crippen LogP contribution in [0.3, 0.4) is 0 Å². The number of hydrogen-bond donors (Lipinski definition) is 2. The van der Waals surface area contributed by atoms with Crippen molar-refractivity contribution in [2.24, 2.45) is 0 Å². The number of aromatic nitrogens is 3. The van der Waals surface area contributed by atoms with Crippen LogP contribution >= 0.6 is 0 Å². The number of amides is 2. The van der Waals surface area contributed by atoms with Gasteiger partial charge in [-0.15, -0.1) is 0 Å². The molecule has 2 amide bonds. The average molecular weight is 527 g/mol. The predicted molar refractivity (Wildman–Crippen MR) is 139 cm³/mol. The Kier molecular flexibility index (Phi) is 6.47. The van der Waals surface area contributed by atoms with Gasteiger partial charge < -0.3 is 19.4 Å². The maximum Gasteiger partial charge on any atom is 0.432 e. The first-order chi connectivity index (χ1) is 19.0. The van der Waals surface area contributed by atoms with Crippen molar-refractivity contribution in [3.63, 3.8) is 0 Å². The standard InChI is InChI=1S/C28H23N5O6/c34-25(29-19-12-10-18(11-13-19)26-30-21-8-4-5-9-23(21)38-26)16-24-27(35)32(14-15-37-24)17-22-28(36)39-31-33(22)20-6-2-1-3-7-20/h1-13,24H,14-17H2,(H-,29,30,31,34,36)/p+1. The summed E-state index contributed by atoms with van der Waals surface area (Å²) < 4.78 is 17.9. The molecule has 1 aliphatic rings. The zero-order chi connectivity index (χ0) is 26.8. The highest BCUT2D eigenvalue weighted by Gasteiger charge is 2.35. The number of nitrogens with one attached hydrogen (secondary N) is 2. The van der Waals surface area contributed by atoms with Crippen LogP contribution in [0, 0.1) is 0 Å². The van der Waals surface area contributed by atoms with Gasteiger partial charge in [-0.1, -0.05) is 30.3 Å². The zero-order valence-electron chi connectivity index (χ0n) is 20.7. The quantitative estimate of drug-likeness (QED) is 0.312. The van der Waals surface area contributed by atoms with E-state index in [1.165, 1.54) is 9.58 Å². The Morgan fingerprint density at radius 2 is 1.79 bits per heavy atom. The highest BCUT2D eigenvalue weighted by atomic mass is 16.5. The van der Waals surface area contributed by atoms with Crippen LogP contribution in [0.2, 0.25) is 0 Å². The number of nitrogens with zero attached hydrogens (tertiary/aromatic N) is 3. The Morgan fingerprint density at radius 3 is 2.59 bits per heavy atom. The first-order valence-corrected chi connectivity index (χ1v) is 12.4. The van der Waals surface area contributed by atoms with Gasteiger partial charge >= 0.3 is 11.3 Å². The average Bonchev–Trinajstić information content (AvgIpc) is 3.55. The van der Waals surface area contributed by atoms with Gasteiger partial charge in [0.25, 0.3) is 5.91 Å². The van der Waals surface area contributed by atoms with Crippen molar-refractivity contribution >= 4 is 28.6 Å². The van der Waals surface area contributed by atoms with E-state index in [0.717, 1.165) is 11.1 Å². The van der Waals surface area contributed by atoms with Crippen molar-refractivity contribution in [1.29, 1.82) is 0 Å². The van der Waals surface area contributed by atoms with E-state index in [0.29, 0.717) is 22.8 Å². The third-order valence-electron chi connectivity index (χ3n) is 6.44. The second-order valence-corrected chi connectivity index (χ2v) is 9.03. The number of morpholine rings is 1. The fourth-order valence-corrected chi connectivity index (χ4v) is 4.46. The molecule has 0 bridgehead atoms. The van der Waals surface area contributed by atoms with E-state index in [1.54, 1.807) is 24.3 Å². The molecule has 196 valence electrons. The summed E-state index contributed by atoms with van der Waals surface area (Å²) in [4.78, 5) is 44.2. The maximum atomic E-state index is 13.1. The first-order valence-electron chi connectivity index (χ1n) is 12.4. The van der Waals surface area contributed by atoms with Crippen molar-refractivity contribution in [1.82, 2.24) is 15.2 Å². The SMILES string of the molecule is O=C(CC1OCCN(Cc2c(=O)o[nH][n+]2-c2ccccc2)C1=O)Nc1ccc(-c2nc3ccccc3o2)cc1. The molecule has 0 radical (unpaired) electrons. The normalized spacial score (nSPS) is 15.5. The van der Waals surface area contributed by atoms with Gasteiger partial charge in [0.05, 0.1) is 13.0 Å². The summed E-state index contributed by atoms with van der Waals surface area (Å²) in [5.41, 5.74) is 3.18.